The van der Waals surface area contributed by atoms with Crippen LogP contribution in [0.2, 0.25) is 0 Å². The first kappa shape index (κ1) is 18.0. The highest BCUT2D eigenvalue weighted by molar-refractivity contribution is 8.01. The Labute approximate surface area is 160 Å². The third-order valence-corrected chi connectivity index (χ3v) is 6.35. The molecule has 0 radical (unpaired) electrons. The number of amides is 1. The fourth-order valence-corrected chi connectivity index (χ4v) is 4.57. The van der Waals surface area contributed by atoms with E-state index in [4.69, 9.17) is 0 Å². The number of hydrogen-bond donors (Lipinski definition) is 1. The smallest absolute Gasteiger partial charge is 0.230 e. The van der Waals surface area contributed by atoms with E-state index in [1.807, 2.05) is 53.9 Å². The zero-order valence-corrected chi connectivity index (χ0v) is 16.0. The van der Waals surface area contributed by atoms with Gasteiger partial charge in [-0.3, -0.25) is 4.79 Å². The van der Waals surface area contributed by atoms with Gasteiger partial charge in [0.25, 0.3) is 0 Å². The lowest BCUT2D eigenvalue weighted by atomic mass is 10.2. The molecule has 0 spiro atoms. The standard InChI is InChI=1S/C19H18N2OS3/c22-18(20-11-12-23-16-9-5-2-6-10-16)14-25-19-21-17(13-24-19)15-7-3-1-4-8-15/h1-10,13H,11-12,14H2,(H,20,22). The molecule has 25 heavy (non-hydrogen) atoms. The van der Waals surface area contributed by atoms with Crippen molar-refractivity contribution in [3.8, 4) is 11.3 Å². The SMILES string of the molecule is O=C(CSc1nc(-c2ccccc2)cs1)NCCSc1ccccc1. The van der Waals surface area contributed by atoms with Crippen LogP contribution in [0.3, 0.4) is 0 Å². The van der Waals surface area contributed by atoms with Crippen LogP contribution in [0.4, 0.5) is 0 Å². The van der Waals surface area contributed by atoms with Crippen molar-refractivity contribution in [3.05, 3.63) is 66.0 Å². The molecule has 0 unspecified atom stereocenters. The van der Waals surface area contributed by atoms with Crippen LogP contribution in [0.5, 0.6) is 0 Å². The summed E-state index contributed by atoms with van der Waals surface area (Å²) in [7, 11) is 0. The highest BCUT2D eigenvalue weighted by Crippen LogP contribution is 2.27. The maximum atomic E-state index is 11.9. The molecule has 0 aliphatic carbocycles. The van der Waals surface area contributed by atoms with Crippen LogP contribution >= 0.6 is 34.9 Å². The summed E-state index contributed by atoms with van der Waals surface area (Å²) in [4.78, 5) is 17.8. The van der Waals surface area contributed by atoms with E-state index in [0.717, 1.165) is 21.3 Å². The number of carbonyl (C=O) groups is 1. The second-order valence-electron chi connectivity index (χ2n) is 5.16. The summed E-state index contributed by atoms with van der Waals surface area (Å²) in [6, 6.07) is 20.3. The van der Waals surface area contributed by atoms with Gasteiger partial charge in [-0.25, -0.2) is 4.98 Å². The van der Waals surface area contributed by atoms with E-state index in [2.05, 4.69) is 22.4 Å². The second kappa shape index (κ2) is 9.65. The van der Waals surface area contributed by atoms with Gasteiger partial charge in [-0.15, -0.1) is 23.1 Å². The summed E-state index contributed by atoms with van der Waals surface area (Å²) < 4.78 is 0.924. The molecule has 6 heteroatoms. The Kier molecular flexibility index (Phi) is 6.97. The summed E-state index contributed by atoms with van der Waals surface area (Å²) in [5.41, 5.74) is 2.07. The van der Waals surface area contributed by atoms with Crippen molar-refractivity contribution in [2.75, 3.05) is 18.1 Å². The highest BCUT2D eigenvalue weighted by Gasteiger charge is 2.07. The molecule has 3 rings (SSSR count). The summed E-state index contributed by atoms with van der Waals surface area (Å²) >= 11 is 4.81. The van der Waals surface area contributed by atoms with Gasteiger partial charge in [0.15, 0.2) is 4.34 Å². The van der Waals surface area contributed by atoms with Crippen LogP contribution < -0.4 is 5.32 Å². The Morgan fingerprint density at radius 3 is 2.48 bits per heavy atom. The van der Waals surface area contributed by atoms with Crippen LogP contribution in [0.25, 0.3) is 11.3 Å². The van der Waals surface area contributed by atoms with Gasteiger partial charge >= 0.3 is 0 Å². The van der Waals surface area contributed by atoms with Crippen molar-refractivity contribution in [2.24, 2.45) is 0 Å². The first-order chi connectivity index (χ1) is 12.3. The van der Waals surface area contributed by atoms with Crippen molar-refractivity contribution >= 4 is 40.8 Å². The molecular weight excluding hydrogens is 368 g/mol. The number of rotatable bonds is 8. The van der Waals surface area contributed by atoms with E-state index in [0.29, 0.717) is 12.3 Å². The van der Waals surface area contributed by atoms with Gasteiger partial charge in [0.2, 0.25) is 5.91 Å². The van der Waals surface area contributed by atoms with Gasteiger partial charge in [-0.1, -0.05) is 60.3 Å². The number of thioether (sulfide) groups is 2. The molecule has 0 saturated heterocycles. The Hall–Kier alpha value is -1.76. The molecule has 0 atom stereocenters. The van der Waals surface area contributed by atoms with Crippen LogP contribution in [0, 0.1) is 0 Å². The maximum absolute atomic E-state index is 11.9. The van der Waals surface area contributed by atoms with E-state index in [-0.39, 0.29) is 5.91 Å². The first-order valence-electron chi connectivity index (χ1n) is 7.89. The average Bonchev–Trinajstić information content (AvgIpc) is 3.14. The number of nitrogens with zero attached hydrogens (tertiary/aromatic N) is 1. The minimum Gasteiger partial charge on any atom is -0.355 e. The van der Waals surface area contributed by atoms with Crippen LogP contribution in [-0.2, 0) is 4.79 Å². The third-order valence-electron chi connectivity index (χ3n) is 3.32. The van der Waals surface area contributed by atoms with E-state index in [1.54, 1.807) is 23.1 Å². The largest absolute Gasteiger partial charge is 0.355 e. The lowest BCUT2D eigenvalue weighted by Crippen LogP contribution is -2.27. The summed E-state index contributed by atoms with van der Waals surface area (Å²) in [5, 5.41) is 4.99. The molecule has 0 fully saturated rings. The lowest BCUT2D eigenvalue weighted by Gasteiger charge is -2.04. The normalized spacial score (nSPS) is 10.6. The molecule has 1 N–H and O–H groups in total. The number of hydrogen-bond acceptors (Lipinski definition) is 5. The minimum absolute atomic E-state index is 0.0510. The first-order valence-corrected chi connectivity index (χ1v) is 10.7. The Balaban J connectivity index is 1.37. The number of benzene rings is 2. The predicted molar refractivity (Wildman–Crippen MR) is 108 cm³/mol. The van der Waals surface area contributed by atoms with Gasteiger partial charge in [-0.05, 0) is 12.1 Å². The van der Waals surface area contributed by atoms with Crippen molar-refractivity contribution in [2.45, 2.75) is 9.24 Å². The van der Waals surface area contributed by atoms with E-state index in [1.165, 1.54) is 16.7 Å². The highest BCUT2D eigenvalue weighted by atomic mass is 32.2. The van der Waals surface area contributed by atoms with Crippen molar-refractivity contribution in [1.29, 1.82) is 0 Å². The van der Waals surface area contributed by atoms with Crippen molar-refractivity contribution < 1.29 is 4.79 Å². The number of nitrogens with one attached hydrogen (secondary N) is 1. The summed E-state index contributed by atoms with van der Waals surface area (Å²) in [6.45, 7) is 0.673. The van der Waals surface area contributed by atoms with Crippen LogP contribution in [0.15, 0.2) is 75.3 Å². The summed E-state index contributed by atoms with van der Waals surface area (Å²) in [5.74, 6) is 1.32. The van der Waals surface area contributed by atoms with Gasteiger partial charge in [0.05, 0.1) is 11.4 Å². The van der Waals surface area contributed by atoms with Gasteiger partial charge < -0.3 is 5.32 Å². The molecule has 1 amide bonds. The molecule has 0 saturated carbocycles. The van der Waals surface area contributed by atoms with Crippen LogP contribution in [-0.4, -0.2) is 28.9 Å². The van der Waals surface area contributed by atoms with Crippen molar-refractivity contribution in [1.82, 2.24) is 10.3 Å². The molecule has 3 aromatic rings. The molecule has 0 aliphatic heterocycles. The molecule has 1 heterocycles. The zero-order valence-electron chi connectivity index (χ0n) is 13.6. The lowest BCUT2D eigenvalue weighted by molar-refractivity contribution is -0.118. The predicted octanol–water partition coefficient (Wildman–Crippen LogP) is 4.81. The van der Waals surface area contributed by atoms with E-state index in [9.17, 15) is 4.79 Å². The van der Waals surface area contributed by atoms with Gasteiger partial charge in [0.1, 0.15) is 0 Å². The van der Waals surface area contributed by atoms with Gasteiger partial charge in [-0.2, -0.15) is 0 Å². The Bertz CT molecular complexity index is 791. The average molecular weight is 387 g/mol. The van der Waals surface area contributed by atoms with E-state index >= 15 is 0 Å². The second-order valence-corrected chi connectivity index (χ2v) is 8.41. The Morgan fingerprint density at radius 1 is 1.00 bits per heavy atom. The molecule has 3 nitrogen and oxygen atoms in total. The molecule has 128 valence electrons. The number of thiazole rings is 1. The zero-order chi connectivity index (χ0) is 17.3. The number of carbonyl (C=O) groups excluding carboxylic acids is 1. The summed E-state index contributed by atoms with van der Waals surface area (Å²) in [6.07, 6.45) is 0. The van der Waals surface area contributed by atoms with Crippen LogP contribution in [0.1, 0.15) is 0 Å². The fraction of sp³-hybridized carbons (Fsp3) is 0.158. The monoisotopic (exact) mass is 386 g/mol. The molecule has 0 aliphatic rings. The minimum atomic E-state index is 0.0510. The van der Waals surface area contributed by atoms with Gasteiger partial charge in [0, 0.05) is 28.1 Å². The fourth-order valence-electron chi connectivity index (χ4n) is 2.12. The Morgan fingerprint density at radius 2 is 1.72 bits per heavy atom. The molecule has 0 bridgehead atoms. The van der Waals surface area contributed by atoms with E-state index < -0.39 is 0 Å². The topological polar surface area (TPSA) is 42.0 Å². The quantitative estimate of drug-likeness (QED) is 0.446. The molecular formula is C19H18N2OS3. The maximum Gasteiger partial charge on any atom is 0.230 e. The van der Waals surface area contributed by atoms with Crippen molar-refractivity contribution in [3.63, 3.8) is 0 Å². The molecule has 2 aromatic carbocycles. The third kappa shape index (κ3) is 5.92. The molecule has 1 aromatic heterocycles. The number of aromatic nitrogens is 1.